The Morgan fingerprint density at radius 1 is 1.07 bits per heavy atom. The van der Waals surface area contributed by atoms with Gasteiger partial charge in [-0.1, -0.05) is 6.07 Å². The summed E-state index contributed by atoms with van der Waals surface area (Å²) >= 11 is 3.20. The van der Waals surface area contributed by atoms with Gasteiger partial charge in [0.1, 0.15) is 17.6 Å². The van der Waals surface area contributed by atoms with Crippen molar-refractivity contribution in [2.45, 2.75) is 12.5 Å². The third kappa shape index (κ3) is 3.09. The van der Waals surface area contributed by atoms with E-state index in [4.69, 9.17) is 14.5 Å². The molecule has 4 aromatic rings. The van der Waals surface area contributed by atoms with Crippen molar-refractivity contribution in [1.29, 1.82) is 0 Å². The molecule has 0 saturated heterocycles. The van der Waals surface area contributed by atoms with Gasteiger partial charge in [-0.25, -0.2) is 14.4 Å². The lowest BCUT2D eigenvalue weighted by Gasteiger charge is -2.18. The molecule has 0 bridgehead atoms. The molecule has 0 saturated carbocycles. The average molecular weight is 395 g/mol. The van der Waals surface area contributed by atoms with Crippen LogP contribution in [-0.2, 0) is 0 Å². The molecule has 0 aliphatic carbocycles. The molecule has 7 heteroatoms. The lowest BCUT2D eigenvalue weighted by atomic mass is 10.1. The first kappa shape index (κ1) is 16.4. The Balaban J connectivity index is 1.51. The standard InChI is InChI=1S/C20H14FN3OS2/c21-14-7-5-13(6-8-14)16-12-27-20(22-16)24-17(18-3-1-9-25-18)11-15(23-24)19-4-2-10-26-19/h1-10,12,17H,11H2. The highest BCUT2D eigenvalue weighted by molar-refractivity contribution is 7.14. The fourth-order valence-electron chi connectivity index (χ4n) is 3.10. The maximum Gasteiger partial charge on any atom is 0.207 e. The molecule has 0 N–H and O–H groups in total. The van der Waals surface area contributed by atoms with Gasteiger partial charge in [0, 0.05) is 17.4 Å². The van der Waals surface area contributed by atoms with E-state index in [0.717, 1.165) is 39.2 Å². The summed E-state index contributed by atoms with van der Waals surface area (Å²) in [7, 11) is 0. The Hall–Kier alpha value is -2.77. The first-order valence-electron chi connectivity index (χ1n) is 8.43. The molecule has 1 atom stereocenters. The number of benzene rings is 1. The molecular formula is C20H14FN3OS2. The van der Waals surface area contributed by atoms with Crippen LogP contribution >= 0.6 is 22.7 Å². The number of halogens is 1. The van der Waals surface area contributed by atoms with Crippen LogP contribution in [0.3, 0.4) is 0 Å². The molecule has 0 spiro atoms. The Labute approximate surface area is 163 Å². The van der Waals surface area contributed by atoms with Crippen molar-refractivity contribution >= 4 is 33.5 Å². The summed E-state index contributed by atoms with van der Waals surface area (Å²) < 4.78 is 18.8. The van der Waals surface area contributed by atoms with Crippen LogP contribution in [0.4, 0.5) is 9.52 Å². The highest BCUT2D eigenvalue weighted by atomic mass is 32.1. The van der Waals surface area contributed by atoms with E-state index in [9.17, 15) is 4.39 Å². The predicted octanol–water partition coefficient (Wildman–Crippen LogP) is 5.96. The first-order valence-corrected chi connectivity index (χ1v) is 10.2. The molecule has 1 aromatic carbocycles. The van der Waals surface area contributed by atoms with Crippen molar-refractivity contribution < 1.29 is 8.81 Å². The summed E-state index contributed by atoms with van der Waals surface area (Å²) in [4.78, 5) is 5.90. The van der Waals surface area contributed by atoms with Crippen molar-refractivity contribution in [2.75, 3.05) is 5.01 Å². The van der Waals surface area contributed by atoms with Crippen molar-refractivity contribution in [2.24, 2.45) is 5.10 Å². The van der Waals surface area contributed by atoms with Crippen LogP contribution < -0.4 is 5.01 Å². The fraction of sp³-hybridized carbons (Fsp3) is 0.100. The Morgan fingerprint density at radius 3 is 2.70 bits per heavy atom. The largest absolute Gasteiger partial charge is 0.467 e. The second-order valence-electron chi connectivity index (χ2n) is 6.13. The summed E-state index contributed by atoms with van der Waals surface area (Å²) in [5, 5.41) is 11.6. The predicted molar refractivity (Wildman–Crippen MR) is 107 cm³/mol. The zero-order chi connectivity index (χ0) is 18.2. The normalized spacial score (nSPS) is 16.7. The van der Waals surface area contributed by atoms with E-state index in [1.165, 1.54) is 23.5 Å². The van der Waals surface area contributed by atoms with Gasteiger partial charge in [0.05, 0.1) is 22.5 Å². The SMILES string of the molecule is Fc1ccc(-c2csc(N3N=C(c4cccs4)CC3c3ccco3)n2)cc1. The van der Waals surface area contributed by atoms with Crippen LogP contribution in [0.25, 0.3) is 11.3 Å². The van der Waals surface area contributed by atoms with Gasteiger partial charge in [-0.2, -0.15) is 5.10 Å². The minimum absolute atomic E-state index is 0.0238. The minimum Gasteiger partial charge on any atom is -0.467 e. The Kier molecular flexibility index (Phi) is 4.10. The average Bonchev–Trinajstić information content (AvgIpc) is 3.49. The molecule has 5 rings (SSSR count). The summed E-state index contributed by atoms with van der Waals surface area (Å²) in [6, 6.07) is 14.3. The summed E-state index contributed by atoms with van der Waals surface area (Å²) in [5.41, 5.74) is 2.73. The number of aromatic nitrogens is 1. The number of thiophene rings is 1. The quantitative estimate of drug-likeness (QED) is 0.428. The molecule has 1 aliphatic rings. The number of thiazole rings is 1. The fourth-order valence-corrected chi connectivity index (χ4v) is 4.66. The highest BCUT2D eigenvalue weighted by Gasteiger charge is 2.33. The van der Waals surface area contributed by atoms with Gasteiger partial charge in [0.25, 0.3) is 0 Å². The molecular weight excluding hydrogens is 381 g/mol. The molecule has 0 amide bonds. The van der Waals surface area contributed by atoms with Crippen LogP contribution in [0.2, 0.25) is 0 Å². The zero-order valence-corrected chi connectivity index (χ0v) is 15.7. The number of anilines is 1. The van der Waals surface area contributed by atoms with Crippen molar-refractivity contribution in [3.05, 3.63) is 82.0 Å². The summed E-state index contributed by atoms with van der Waals surface area (Å²) in [6.07, 6.45) is 2.45. The van der Waals surface area contributed by atoms with Gasteiger partial charge in [-0.3, -0.25) is 0 Å². The van der Waals surface area contributed by atoms with Crippen LogP contribution in [0.15, 0.2) is 75.1 Å². The third-order valence-electron chi connectivity index (χ3n) is 4.42. The minimum atomic E-state index is -0.253. The van der Waals surface area contributed by atoms with Crippen LogP contribution in [0.5, 0.6) is 0 Å². The van der Waals surface area contributed by atoms with Crippen molar-refractivity contribution in [3.63, 3.8) is 0 Å². The number of hydrogen-bond donors (Lipinski definition) is 0. The molecule has 3 aromatic heterocycles. The van der Waals surface area contributed by atoms with Gasteiger partial charge >= 0.3 is 0 Å². The van der Waals surface area contributed by atoms with E-state index in [-0.39, 0.29) is 11.9 Å². The molecule has 4 heterocycles. The molecule has 134 valence electrons. The van der Waals surface area contributed by atoms with E-state index in [1.807, 2.05) is 28.6 Å². The molecule has 0 radical (unpaired) electrons. The highest BCUT2D eigenvalue weighted by Crippen LogP contribution is 2.39. The molecule has 1 unspecified atom stereocenters. The number of furan rings is 1. The smallest absolute Gasteiger partial charge is 0.207 e. The molecule has 27 heavy (non-hydrogen) atoms. The maximum atomic E-state index is 13.2. The Bertz CT molecular complexity index is 1070. The second-order valence-corrected chi connectivity index (χ2v) is 7.91. The monoisotopic (exact) mass is 395 g/mol. The maximum absolute atomic E-state index is 13.2. The van der Waals surface area contributed by atoms with Crippen LogP contribution in [-0.4, -0.2) is 10.7 Å². The number of rotatable bonds is 4. The lowest BCUT2D eigenvalue weighted by Crippen LogP contribution is -2.17. The Morgan fingerprint density at radius 2 is 1.96 bits per heavy atom. The van der Waals surface area contributed by atoms with E-state index in [0.29, 0.717) is 0 Å². The van der Waals surface area contributed by atoms with E-state index in [2.05, 4.69) is 11.4 Å². The number of hydrazone groups is 1. The van der Waals surface area contributed by atoms with Gasteiger partial charge in [-0.15, -0.1) is 22.7 Å². The zero-order valence-electron chi connectivity index (χ0n) is 14.1. The number of hydrogen-bond acceptors (Lipinski definition) is 6. The third-order valence-corrected chi connectivity index (χ3v) is 6.16. The van der Waals surface area contributed by atoms with E-state index >= 15 is 0 Å². The molecule has 0 fully saturated rings. The summed E-state index contributed by atoms with van der Waals surface area (Å²) in [5.74, 6) is 0.612. The van der Waals surface area contributed by atoms with Gasteiger partial charge in [0.15, 0.2) is 0 Å². The van der Waals surface area contributed by atoms with Gasteiger partial charge < -0.3 is 4.42 Å². The number of nitrogens with zero attached hydrogens (tertiary/aromatic N) is 3. The second kappa shape index (κ2) is 6.75. The lowest BCUT2D eigenvalue weighted by molar-refractivity contribution is 0.465. The van der Waals surface area contributed by atoms with E-state index < -0.39 is 0 Å². The van der Waals surface area contributed by atoms with E-state index in [1.54, 1.807) is 29.7 Å². The van der Waals surface area contributed by atoms with Crippen LogP contribution in [0, 0.1) is 5.82 Å². The van der Waals surface area contributed by atoms with Gasteiger partial charge in [-0.05, 0) is 47.8 Å². The topological polar surface area (TPSA) is 41.6 Å². The van der Waals surface area contributed by atoms with Gasteiger partial charge in [0.2, 0.25) is 5.13 Å². The van der Waals surface area contributed by atoms with Crippen molar-refractivity contribution in [1.82, 2.24) is 4.98 Å². The molecule has 4 nitrogen and oxygen atoms in total. The molecule has 1 aliphatic heterocycles. The summed E-state index contributed by atoms with van der Waals surface area (Å²) in [6.45, 7) is 0. The van der Waals surface area contributed by atoms with Crippen LogP contribution in [0.1, 0.15) is 23.1 Å². The van der Waals surface area contributed by atoms with Crippen molar-refractivity contribution in [3.8, 4) is 11.3 Å². The first-order chi connectivity index (χ1) is 13.3.